The van der Waals surface area contributed by atoms with Gasteiger partial charge in [-0.2, -0.15) is 0 Å². The van der Waals surface area contributed by atoms with Gasteiger partial charge in [0.1, 0.15) is 18.3 Å². The molecule has 0 radical (unpaired) electrons. The number of anilines is 1. The summed E-state index contributed by atoms with van der Waals surface area (Å²) in [5.74, 6) is -0.586. The lowest BCUT2D eigenvalue weighted by atomic mass is 10.0. The van der Waals surface area contributed by atoms with E-state index in [1.807, 2.05) is 58.9 Å². The maximum Gasteiger partial charge on any atom is 0.244 e. The molecule has 2 rings (SSSR count). The normalized spacial score (nSPS) is 12.6. The Hall–Kier alpha value is -2.78. The molecule has 10 heteroatoms. The lowest BCUT2D eigenvalue weighted by molar-refractivity contribution is -0.141. The van der Waals surface area contributed by atoms with Crippen molar-refractivity contribution in [2.75, 3.05) is 24.2 Å². The van der Waals surface area contributed by atoms with Crippen LogP contribution in [0.5, 0.6) is 5.75 Å². The third-order valence-corrected chi connectivity index (χ3v) is 6.77. The third-order valence-electron chi connectivity index (χ3n) is 5.41. The molecule has 198 valence electrons. The number of nitrogens with zero attached hydrogens (tertiary/aromatic N) is 2. The summed E-state index contributed by atoms with van der Waals surface area (Å²) in [4.78, 5) is 28.4. The number of carbonyl (C=O) groups excluding carboxylic acids is 2. The fourth-order valence-corrected chi connectivity index (χ4v) is 4.84. The van der Waals surface area contributed by atoms with Crippen LogP contribution in [-0.4, -0.2) is 56.6 Å². The lowest BCUT2D eigenvalue weighted by Gasteiger charge is -2.34. The van der Waals surface area contributed by atoms with Crippen molar-refractivity contribution in [2.45, 2.75) is 59.2 Å². The summed E-state index contributed by atoms with van der Waals surface area (Å²) < 4.78 is 31.9. The van der Waals surface area contributed by atoms with Crippen LogP contribution in [0.3, 0.4) is 0 Å². The van der Waals surface area contributed by atoms with Gasteiger partial charge in [0.25, 0.3) is 0 Å². The summed E-state index contributed by atoms with van der Waals surface area (Å²) in [6, 6.07) is 11.4. The molecule has 1 N–H and O–H groups in total. The Labute approximate surface area is 219 Å². The predicted octanol–water partition coefficient (Wildman–Crippen LogP) is 4.15. The van der Waals surface area contributed by atoms with Crippen molar-refractivity contribution < 1.29 is 22.7 Å². The van der Waals surface area contributed by atoms with E-state index in [0.29, 0.717) is 11.4 Å². The molecular formula is C26H36ClN3O5S. The number of benzene rings is 2. The highest BCUT2D eigenvalue weighted by atomic mass is 35.5. The highest BCUT2D eigenvalue weighted by Gasteiger charge is 2.33. The monoisotopic (exact) mass is 537 g/mol. The molecule has 0 aliphatic rings. The number of aryl methyl sites for hydroxylation is 1. The zero-order valence-electron chi connectivity index (χ0n) is 22.0. The zero-order valence-corrected chi connectivity index (χ0v) is 23.5. The van der Waals surface area contributed by atoms with Crippen LogP contribution in [0, 0.1) is 6.92 Å². The van der Waals surface area contributed by atoms with Crippen molar-refractivity contribution in [1.82, 2.24) is 10.2 Å². The first-order chi connectivity index (χ1) is 16.7. The van der Waals surface area contributed by atoms with Crippen molar-refractivity contribution in [2.24, 2.45) is 0 Å². The van der Waals surface area contributed by atoms with Crippen molar-refractivity contribution in [3.8, 4) is 5.75 Å². The summed E-state index contributed by atoms with van der Waals surface area (Å²) in [5.41, 5.74) is 1.48. The summed E-state index contributed by atoms with van der Waals surface area (Å²) in [5, 5.41) is 3.23. The van der Waals surface area contributed by atoms with E-state index in [1.165, 1.54) is 24.1 Å². The quantitative estimate of drug-likeness (QED) is 0.491. The molecule has 0 aromatic heterocycles. The second-order valence-corrected chi connectivity index (χ2v) is 12.1. The van der Waals surface area contributed by atoms with Crippen LogP contribution in [0.1, 0.15) is 45.2 Å². The highest BCUT2D eigenvalue weighted by molar-refractivity contribution is 7.92. The van der Waals surface area contributed by atoms with E-state index in [4.69, 9.17) is 16.3 Å². The van der Waals surface area contributed by atoms with Gasteiger partial charge in [-0.1, -0.05) is 48.4 Å². The number of sulfonamides is 1. The number of nitrogens with one attached hydrogen (secondary N) is 1. The SMILES string of the molecule is CC[C@H](C(=O)NC(C)(C)C)N(Cc1cccc(C)c1)C(=O)CN(c1cc(Cl)ccc1OC)S(C)(=O)=O. The Balaban J connectivity index is 2.53. The average Bonchev–Trinajstić information content (AvgIpc) is 2.75. The Morgan fingerprint density at radius 3 is 2.33 bits per heavy atom. The van der Waals surface area contributed by atoms with Crippen molar-refractivity contribution in [3.05, 3.63) is 58.6 Å². The molecule has 0 aliphatic carbocycles. The molecule has 2 aromatic rings. The van der Waals surface area contributed by atoms with Gasteiger partial charge in [0.05, 0.1) is 19.1 Å². The van der Waals surface area contributed by atoms with Gasteiger partial charge in [-0.3, -0.25) is 13.9 Å². The highest BCUT2D eigenvalue weighted by Crippen LogP contribution is 2.33. The average molecular weight is 538 g/mol. The maximum atomic E-state index is 13.8. The topological polar surface area (TPSA) is 96.0 Å². The molecule has 0 spiro atoms. The van der Waals surface area contributed by atoms with Crippen LogP contribution >= 0.6 is 11.6 Å². The van der Waals surface area contributed by atoms with Crippen LogP contribution in [-0.2, 0) is 26.2 Å². The van der Waals surface area contributed by atoms with Crippen molar-refractivity contribution in [1.29, 1.82) is 0 Å². The summed E-state index contributed by atoms with van der Waals surface area (Å²) in [7, 11) is -2.50. The molecule has 2 amide bonds. The molecule has 2 aromatic carbocycles. The number of hydrogen-bond acceptors (Lipinski definition) is 5. The smallest absolute Gasteiger partial charge is 0.244 e. The van der Waals surface area contributed by atoms with Crippen molar-refractivity contribution >= 4 is 39.1 Å². The Morgan fingerprint density at radius 2 is 1.81 bits per heavy atom. The first-order valence-electron chi connectivity index (χ1n) is 11.6. The first kappa shape index (κ1) is 29.5. The number of hydrogen-bond donors (Lipinski definition) is 1. The molecule has 1 atom stereocenters. The molecule has 0 heterocycles. The standard InChI is InChI=1S/C26H36ClN3O5S/c1-8-21(25(32)28-26(3,4)5)29(16-19-11-9-10-18(2)14-19)24(31)17-30(36(7,33)34)22-15-20(27)12-13-23(22)35-6/h9-15,21H,8,16-17H2,1-7H3,(H,28,32)/t21-/m1/s1. The molecule has 0 unspecified atom stereocenters. The van der Waals surface area contributed by atoms with E-state index in [0.717, 1.165) is 21.7 Å². The van der Waals surface area contributed by atoms with E-state index >= 15 is 0 Å². The van der Waals surface area contributed by atoms with Crippen LogP contribution in [0.2, 0.25) is 5.02 Å². The van der Waals surface area contributed by atoms with Gasteiger partial charge in [0.2, 0.25) is 21.8 Å². The van der Waals surface area contributed by atoms with Crippen LogP contribution in [0.15, 0.2) is 42.5 Å². The molecule has 0 saturated heterocycles. The molecule has 36 heavy (non-hydrogen) atoms. The summed E-state index contributed by atoms with van der Waals surface area (Å²) in [6.45, 7) is 8.96. The molecule has 0 saturated carbocycles. The third kappa shape index (κ3) is 8.13. The Bertz CT molecular complexity index is 1190. The fourth-order valence-electron chi connectivity index (χ4n) is 3.83. The second kappa shape index (κ2) is 12.0. The van der Waals surface area contributed by atoms with Gasteiger partial charge in [-0.15, -0.1) is 0 Å². The van der Waals surface area contributed by atoms with Crippen LogP contribution in [0.4, 0.5) is 5.69 Å². The molecular weight excluding hydrogens is 502 g/mol. The van der Waals surface area contributed by atoms with E-state index in [9.17, 15) is 18.0 Å². The fraction of sp³-hybridized carbons (Fsp3) is 0.462. The number of ether oxygens (including phenoxy) is 1. The van der Waals surface area contributed by atoms with E-state index < -0.39 is 34.1 Å². The van der Waals surface area contributed by atoms with E-state index in [2.05, 4.69) is 5.32 Å². The van der Waals surface area contributed by atoms with E-state index in [1.54, 1.807) is 6.07 Å². The largest absolute Gasteiger partial charge is 0.495 e. The second-order valence-electron chi connectivity index (χ2n) is 9.76. The molecule has 0 fully saturated rings. The summed E-state index contributed by atoms with van der Waals surface area (Å²) >= 11 is 6.14. The number of methoxy groups -OCH3 is 1. The molecule has 8 nitrogen and oxygen atoms in total. The number of halogens is 1. The van der Waals surface area contributed by atoms with Crippen molar-refractivity contribution in [3.63, 3.8) is 0 Å². The number of carbonyl (C=O) groups is 2. The first-order valence-corrected chi connectivity index (χ1v) is 13.9. The van der Waals surface area contributed by atoms with Crippen LogP contribution in [0.25, 0.3) is 0 Å². The summed E-state index contributed by atoms with van der Waals surface area (Å²) in [6.07, 6.45) is 1.36. The van der Waals surface area contributed by atoms with Gasteiger partial charge in [-0.05, 0) is 57.9 Å². The van der Waals surface area contributed by atoms with E-state index in [-0.39, 0.29) is 23.9 Å². The van der Waals surface area contributed by atoms with Gasteiger partial charge in [0.15, 0.2) is 0 Å². The zero-order chi connectivity index (χ0) is 27.3. The minimum Gasteiger partial charge on any atom is -0.495 e. The number of rotatable bonds is 10. The van der Waals surface area contributed by atoms with Gasteiger partial charge >= 0.3 is 0 Å². The Kier molecular flexibility index (Phi) is 9.79. The predicted molar refractivity (Wildman–Crippen MR) is 144 cm³/mol. The Morgan fingerprint density at radius 1 is 1.14 bits per heavy atom. The van der Waals surface area contributed by atoms with Gasteiger partial charge in [-0.25, -0.2) is 8.42 Å². The molecule has 0 aliphatic heterocycles. The van der Waals surface area contributed by atoms with Crippen LogP contribution < -0.4 is 14.4 Å². The minimum atomic E-state index is -3.91. The molecule has 0 bridgehead atoms. The van der Waals surface area contributed by atoms with Gasteiger partial charge < -0.3 is 15.0 Å². The maximum absolute atomic E-state index is 13.8. The minimum absolute atomic E-state index is 0.140. The number of amides is 2. The van der Waals surface area contributed by atoms with Gasteiger partial charge in [0, 0.05) is 17.1 Å². The lowest BCUT2D eigenvalue weighted by Crippen LogP contribution is -2.55.